The predicted octanol–water partition coefficient (Wildman–Crippen LogP) is 3.46. The summed E-state index contributed by atoms with van der Waals surface area (Å²) in [5.41, 5.74) is 6.45. The summed E-state index contributed by atoms with van der Waals surface area (Å²) in [5.74, 6) is 1.69. The van der Waals surface area contributed by atoms with Crippen molar-refractivity contribution < 1.29 is 9.53 Å². The number of ether oxygens (including phenoxy) is 1. The number of nitrogens with zero attached hydrogens (tertiary/aromatic N) is 3. The molecule has 0 aromatic carbocycles. The number of rotatable bonds is 7. The van der Waals surface area contributed by atoms with Crippen molar-refractivity contribution in [3.05, 3.63) is 23.9 Å². The normalized spacial score (nSPS) is 20.4. The van der Waals surface area contributed by atoms with E-state index in [1.54, 1.807) is 0 Å². The van der Waals surface area contributed by atoms with E-state index < -0.39 is 0 Å². The summed E-state index contributed by atoms with van der Waals surface area (Å²) in [6.45, 7) is 5.21. The number of hydrogen-bond acceptors (Lipinski definition) is 4. The van der Waals surface area contributed by atoms with Crippen LogP contribution in [0.15, 0.2) is 23.3 Å². The molecule has 1 saturated heterocycles. The highest BCUT2D eigenvalue weighted by atomic mass is 127. The Morgan fingerprint density at radius 1 is 1.27 bits per heavy atom. The molecule has 3 rings (SSSR count). The lowest BCUT2D eigenvalue weighted by atomic mass is 9.95. The van der Waals surface area contributed by atoms with E-state index in [4.69, 9.17) is 15.5 Å². The first-order chi connectivity index (χ1) is 14.1. The minimum absolute atomic E-state index is 0. The van der Waals surface area contributed by atoms with Crippen LogP contribution in [-0.4, -0.2) is 47.5 Å². The van der Waals surface area contributed by atoms with Crippen LogP contribution in [0.25, 0.3) is 0 Å². The van der Waals surface area contributed by atoms with E-state index in [0.717, 1.165) is 56.8 Å². The van der Waals surface area contributed by atoms with Crippen molar-refractivity contribution in [2.75, 3.05) is 19.6 Å². The predicted molar refractivity (Wildman–Crippen MR) is 130 cm³/mol. The SMILES string of the molecule is CCNC(=NCc1ccc(OC2CCCCC2)nc1)N1CCCC(CC(N)=O)C1.I. The standard InChI is InChI=1S/C22H35N5O2.HI/c1-2-24-22(27-12-6-7-17(16-27)13-20(23)28)26-15-18-10-11-21(25-14-18)29-19-8-4-3-5-9-19;/h10-11,14,17,19H,2-9,12-13,15-16H2,1H3,(H2,23,28)(H,24,26);1H. The maximum Gasteiger partial charge on any atom is 0.217 e. The van der Waals surface area contributed by atoms with E-state index in [2.05, 4.69) is 22.1 Å². The fraction of sp³-hybridized carbons (Fsp3) is 0.682. The lowest BCUT2D eigenvalue weighted by Crippen LogP contribution is -2.47. The first-order valence-electron chi connectivity index (χ1n) is 11.1. The number of aliphatic imine (C=N–C) groups is 1. The highest BCUT2D eigenvalue weighted by molar-refractivity contribution is 14.0. The zero-order valence-corrected chi connectivity index (χ0v) is 20.3. The lowest BCUT2D eigenvalue weighted by Gasteiger charge is -2.34. The minimum atomic E-state index is -0.222. The number of nitrogens with one attached hydrogen (secondary N) is 1. The van der Waals surface area contributed by atoms with E-state index >= 15 is 0 Å². The van der Waals surface area contributed by atoms with Crippen molar-refractivity contribution >= 4 is 35.8 Å². The maximum absolute atomic E-state index is 11.3. The zero-order valence-electron chi connectivity index (χ0n) is 18.0. The topological polar surface area (TPSA) is 92.8 Å². The summed E-state index contributed by atoms with van der Waals surface area (Å²) in [6, 6.07) is 4.00. The Kier molecular flexibility index (Phi) is 10.7. The van der Waals surface area contributed by atoms with Crippen LogP contribution in [0, 0.1) is 5.92 Å². The van der Waals surface area contributed by atoms with Crippen LogP contribution in [-0.2, 0) is 11.3 Å². The van der Waals surface area contributed by atoms with Crippen LogP contribution in [0.5, 0.6) is 5.88 Å². The molecule has 30 heavy (non-hydrogen) atoms. The fourth-order valence-electron chi connectivity index (χ4n) is 4.23. The molecule has 1 saturated carbocycles. The molecule has 1 amide bonds. The number of carbonyl (C=O) groups is 1. The second kappa shape index (κ2) is 13.0. The molecule has 8 heteroatoms. The molecule has 3 N–H and O–H groups in total. The number of carbonyl (C=O) groups excluding carboxylic acids is 1. The maximum atomic E-state index is 11.3. The van der Waals surface area contributed by atoms with Gasteiger partial charge in [0.1, 0.15) is 6.10 Å². The van der Waals surface area contributed by atoms with E-state index in [0.29, 0.717) is 30.9 Å². The Morgan fingerprint density at radius 3 is 2.73 bits per heavy atom. The Morgan fingerprint density at radius 2 is 2.07 bits per heavy atom. The highest BCUT2D eigenvalue weighted by Gasteiger charge is 2.23. The first-order valence-corrected chi connectivity index (χ1v) is 11.1. The van der Waals surface area contributed by atoms with Gasteiger partial charge in [0.05, 0.1) is 6.54 Å². The quantitative estimate of drug-likeness (QED) is 0.321. The third-order valence-corrected chi connectivity index (χ3v) is 5.69. The van der Waals surface area contributed by atoms with Gasteiger partial charge in [-0.25, -0.2) is 9.98 Å². The number of piperidine rings is 1. The Labute approximate surface area is 197 Å². The molecule has 168 valence electrons. The number of hydrogen-bond donors (Lipinski definition) is 2. The van der Waals surface area contributed by atoms with Crippen LogP contribution in [0.3, 0.4) is 0 Å². The van der Waals surface area contributed by atoms with Crippen LogP contribution < -0.4 is 15.8 Å². The van der Waals surface area contributed by atoms with E-state index in [-0.39, 0.29) is 29.9 Å². The number of nitrogens with two attached hydrogens (primary N) is 1. The summed E-state index contributed by atoms with van der Waals surface area (Å²) in [7, 11) is 0. The van der Waals surface area contributed by atoms with Gasteiger partial charge in [-0.05, 0) is 56.9 Å². The molecular weight excluding hydrogens is 493 g/mol. The molecule has 1 unspecified atom stereocenters. The Hall–Kier alpha value is -1.58. The summed E-state index contributed by atoms with van der Waals surface area (Å²) < 4.78 is 6.01. The van der Waals surface area contributed by atoms with Crippen molar-refractivity contribution in [1.82, 2.24) is 15.2 Å². The largest absolute Gasteiger partial charge is 0.474 e. The van der Waals surface area contributed by atoms with Crippen LogP contribution in [0.1, 0.15) is 63.9 Å². The molecule has 0 radical (unpaired) electrons. The van der Waals surface area contributed by atoms with Crippen molar-refractivity contribution in [2.45, 2.75) is 70.9 Å². The van der Waals surface area contributed by atoms with Crippen molar-refractivity contribution in [2.24, 2.45) is 16.6 Å². The first kappa shape index (κ1) is 24.7. The molecule has 0 bridgehead atoms. The number of aromatic nitrogens is 1. The average molecular weight is 529 g/mol. The van der Waals surface area contributed by atoms with E-state index in [1.165, 1.54) is 19.3 Å². The molecule has 2 fully saturated rings. The number of primary amides is 1. The van der Waals surface area contributed by atoms with Gasteiger partial charge in [0.25, 0.3) is 0 Å². The molecule has 0 spiro atoms. The van der Waals surface area contributed by atoms with Gasteiger partial charge >= 0.3 is 0 Å². The number of amides is 1. The van der Waals surface area contributed by atoms with Crippen LogP contribution in [0.4, 0.5) is 0 Å². The second-order valence-corrected chi connectivity index (χ2v) is 8.18. The summed E-state index contributed by atoms with van der Waals surface area (Å²) in [4.78, 5) is 22.8. The van der Waals surface area contributed by atoms with Crippen molar-refractivity contribution in [1.29, 1.82) is 0 Å². The zero-order chi connectivity index (χ0) is 20.5. The molecule has 2 heterocycles. The van der Waals surface area contributed by atoms with Gasteiger partial charge in [0.2, 0.25) is 11.8 Å². The minimum Gasteiger partial charge on any atom is -0.474 e. The summed E-state index contributed by atoms with van der Waals surface area (Å²) in [6.07, 6.45) is 10.8. The van der Waals surface area contributed by atoms with Gasteiger partial charge in [-0.3, -0.25) is 4.79 Å². The van der Waals surface area contributed by atoms with Gasteiger partial charge in [0, 0.05) is 38.3 Å². The average Bonchev–Trinajstić information content (AvgIpc) is 2.73. The molecule has 2 aliphatic rings. The third kappa shape index (κ3) is 7.92. The number of pyridine rings is 1. The van der Waals surface area contributed by atoms with Crippen LogP contribution >= 0.6 is 24.0 Å². The number of likely N-dealkylation sites (tertiary alicyclic amines) is 1. The molecule has 1 aliphatic carbocycles. The molecule has 1 aromatic rings. The summed E-state index contributed by atoms with van der Waals surface area (Å²) >= 11 is 0. The van der Waals surface area contributed by atoms with E-state index in [1.807, 2.05) is 18.3 Å². The number of guanidine groups is 1. The van der Waals surface area contributed by atoms with Gasteiger partial charge in [-0.2, -0.15) is 0 Å². The van der Waals surface area contributed by atoms with Crippen LogP contribution in [0.2, 0.25) is 0 Å². The van der Waals surface area contributed by atoms with Gasteiger partial charge in [0.15, 0.2) is 5.96 Å². The monoisotopic (exact) mass is 529 g/mol. The third-order valence-electron chi connectivity index (χ3n) is 5.69. The Bertz CT molecular complexity index is 677. The molecule has 7 nitrogen and oxygen atoms in total. The molecule has 1 atom stereocenters. The van der Waals surface area contributed by atoms with Gasteiger partial charge in [-0.1, -0.05) is 12.5 Å². The van der Waals surface area contributed by atoms with Crippen molar-refractivity contribution in [3.8, 4) is 5.88 Å². The van der Waals surface area contributed by atoms with Crippen molar-refractivity contribution in [3.63, 3.8) is 0 Å². The lowest BCUT2D eigenvalue weighted by molar-refractivity contribution is -0.119. The smallest absolute Gasteiger partial charge is 0.217 e. The molecular formula is C22H36IN5O2. The highest BCUT2D eigenvalue weighted by Crippen LogP contribution is 2.22. The molecule has 1 aromatic heterocycles. The van der Waals surface area contributed by atoms with E-state index in [9.17, 15) is 4.79 Å². The second-order valence-electron chi connectivity index (χ2n) is 8.18. The van der Waals surface area contributed by atoms with Gasteiger partial charge < -0.3 is 20.7 Å². The summed E-state index contributed by atoms with van der Waals surface area (Å²) in [5, 5.41) is 3.38. The Balaban J connectivity index is 0.00000320. The number of halogens is 1. The molecule has 1 aliphatic heterocycles. The van der Waals surface area contributed by atoms with Gasteiger partial charge in [-0.15, -0.1) is 24.0 Å². The fourth-order valence-corrected chi connectivity index (χ4v) is 4.23.